The molecular weight excluding hydrogens is 275 g/mol. The topological polar surface area (TPSA) is 92.4 Å². The predicted octanol–water partition coefficient (Wildman–Crippen LogP) is 2.16. The van der Waals surface area contributed by atoms with Gasteiger partial charge in [0.15, 0.2) is 0 Å². The Bertz CT molecular complexity index is 674. The summed E-state index contributed by atoms with van der Waals surface area (Å²) in [7, 11) is 0. The minimum Gasteiger partial charge on any atom is -0.478 e. The summed E-state index contributed by atoms with van der Waals surface area (Å²) in [5, 5.41) is 11.1. The smallest absolute Gasteiger partial charge is 0.335 e. The van der Waals surface area contributed by atoms with Crippen LogP contribution in [-0.2, 0) is 4.79 Å². The van der Waals surface area contributed by atoms with E-state index < -0.39 is 23.7 Å². The fourth-order valence-electron chi connectivity index (χ4n) is 1.77. The fourth-order valence-corrected chi connectivity index (χ4v) is 1.77. The van der Waals surface area contributed by atoms with Gasteiger partial charge in [0.1, 0.15) is 11.9 Å². The van der Waals surface area contributed by atoms with E-state index in [1.165, 1.54) is 12.1 Å². The monoisotopic (exact) mass is 288 g/mol. The molecule has 2 aromatic rings. The molecular formula is C15H13FN2O3. The Morgan fingerprint density at radius 2 is 1.81 bits per heavy atom. The lowest BCUT2D eigenvalue weighted by Crippen LogP contribution is -2.28. The number of hydrogen-bond acceptors (Lipinski definition) is 3. The molecule has 0 aliphatic heterocycles. The molecule has 21 heavy (non-hydrogen) atoms. The molecule has 0 spiro atoms. The van der Waals surface area contributed by atoms with Crippen LogP contribution in [0.3, 0.4) is 0 Å². The van der Waals surface area contributed by atoms with Crippen molar-refractivity contribution in [1.82, 2.24) is 0 Å². The van der Waals surface area contributed by atoms with Crippen molar-refractivity contribution < 1.29 is 19.1 Å². The van der Waals surface area contributed by atoms with Crippen molar-refractivity contribution >= 4 is 17.6 Å². The number of carbonyl (C=O) groups is 2. The number of anilines is 1. The van der Waals surface area contributed by atoms with Crippen LogP contribution in [0.25, 0.3) is 0 Å². The lowest BCUT2D eigenvalue weighted by molar-refractivity contribution is -0.117. The summed E-state index contributed by atoms with van der Waals surface area (Å²) in [5.41, 5.74) is 6.07. The average molecular weight is 288 g/mol. The van der Waals surface area contributed by atoms with Crippen LogP contribution in [0.1, 0.15) is 22.0 Å². The molecule has 0 aliphatic carbocycles. The van der Waals surface area contributed by atoms with Gasteiger partial charge in [0.2, 0.25) is 5.91 Å². The Balaban J connectivity index is 2.15. The zero-order valence-corrected chi connectivity index (χ0v) is 10.9. The Morgan fingerprint density at radius 1 is 1.14 bits per heavy atom. The number of halogens is 1. The summed E-state index contributed by atoms with van der Waals surface area (Å²) in [6.45, 7) is 0. The molecule has 4 N–H and O–H groups in total. The Hall–Kier alpha value is -2.73. The molecule has 1 atom stereocenters. The first-order chi connectivity index (χ1) is 9.99. The van der Waals surface area contributed by atoms with Gasteiger partial charge in [-0.15, -0.1) is 0 Å². The zero-order valence-electron chi connectivity index (χ0n) is 10.9. The van der Waals surface area contributed by atoms with E-state index in [1.54, 1.807) is 30.3 Å². The van der Waals surface area contributed by atoms with Gasteiger partial charge in [-0.3, -0.25) is 4.79 Å². The summed E-state index contributed by atoms with van der Waals surface area (Å²) >= 11 is 0. The molecule has 1 amide bonds. The van der Waals surface area contributed by atoms with E-state index in [9.17, 15) is 14.0 Å². The highest BCUT2D eigenvalue weighted by Crippen LogP contribution is 2.18. The molecule has 6 heteroatoms. The molecule has 0 fully saturated rings. The van der Waals surface area contributed by atoms with Crippen molar-refractivity contribution in [1.29, 1.82) is 0 Å². The van der Waals surface area contributed by atoms with Crippen molar-refractivity contribution in [3.63, 3.8) is 0 Å². The van der Waals surface area contributed by atoms with E-state index in [1.807, 2.05) is 0 Å². The number of carboxylic acid groups (broad SMARTS) is 1. The second kappa shape index (κ2) is 6.15. The summed E-state index contributed by atoms with van der Waals surface area (Å²) in [6.07, 6.45) is 0. The second-order valence-corrected chi connectivity index (χ2v) is 4.38. The van der Waals surface area contributed by atoms with Crippen LogP contribution >= 0.6 is 0 Å². The molecule has 0 unspecified atom stereocenters. The summed E-state index contributed by atoms with van der Waals surface area (Å²) < 4.78 is 13.7. The molecule has 0 aromatic heterocycles. The van der Waals surface area contributed by atoms with Gasteiger partial charge in [-0.2, -0.15) is 0 Å². The highest BCUT2D eigenvalue weighted by atomic mass is 19.1. The quantitative estimate of drug-likeness (QED) is 0.803. The highest BCUT2D eigenvalue weighted by molar-refractivity contribution is 5.96. The number of aromatic carboxylic acids is 1. The zero-order chi connectivity index (χ0) is 15.4. The number of nitrogens with two attached hydrogens (primary N) is 1. The molecule has 0 saturated carbocycles. The van der Waals surface area contributed by atoms with Crippen LogP contribution in [0.4, 0.5) is 10.1 Å². The van der Waals surface area contributed by atoms with Crippen LogP contribution in [-0.4, -0.2) is 17.0 Å². The number of nitrogens with one attached hydrogen (secondary N) is 1. The maximum Gasteiger partial charge on any atom is 0.335 e. The van der Waals surface area contributed by atoms with E-state index in [0.717, 1.165) is 6.07 Å². The standard InChI is InChI=1S/C15H13FN2O3/c16-11-8-10(15(20)21)6-7-12(11)18-14(19)13(17)9-4-2-1-3-5-9/h1-8,13H,17H2,(H,18,19)(H,20,21)/t13-/m0/s1. The molecule has 2 aromatic carbocycles. The summed E-state index contributed by atoms with van der Waals surface area (Å²) in [4.78, 5) is 22.7. The van der Waals surface area contributed by atoms with Gasteiger partial charge >= 0.3 is 5.97 Å². The predicted molar refractivity (Wildman–Crippen MR) is 75.4 cm³/mol. The minimum absolute atomic E-state index is 0.114. The van der Waals surface area contributed by atoms with Crippen LogP contribution in [0.15, 0.2) is 48.5 Å². The third-order valence-corrected chi connectivity index (χ3v) is 2.92. The van der Waals surface area contributed by atoms with Crippen LogP contribution < -0.4 is 11.1 Å². The first-order valence-corrected chi connectivity index (χ1v) is 6.13. The number of hydrogen-bond donors (Lipinski definition) is 3. The number of amides is 1. The van der Waals surface area contributed by atoms with E-state index in [0.29, 0.717) is 5.56 Å². The van der Waals surface area contributed by atoms with Crippen molar-refractivity contribution in [3.05, 3.63) is 65.5 Å². The van der Waals surface area contributed by atoms with Gasteiger partial charge in [0.25, 0.3) is 0 Å². The molecule has 0 heterocycles. The Labute approximate surface area is 120 Å². The third kappa shape index (κ3) is 3.43. The average Bonchev–Trinajstić information content (AvgIpc) is 2.49. The van der Waals surface area contributed by atoms with Crippen molar-refractivity contribution in [2.45, 2.75) is 6.04 Å². The van der Waals surface area contributed by atoms with Gasteiger partial charge in [0, 0.05) is 0 Å². The lowest BCUT2D eigenvalue weighted by Gasteiger charge is -2.13. The van der Waals surface area contributed by atoms with E-state index in [-0.39, 0.29) is 11.3 Å². The molecule has 2 rings (SSSR count). The van der Waals surface area contributed by atoms with Crippen molar-refractivity contribution in [2.75, 3.05) is 5.32 Å². The van der Waals surface area contributed by atoms with Crippen molar-refractivity contribution in [2.24, 2.45) is 5.73 Å². The SMILES string of the molecule is N[C@H](C(=O)Nc1ccc(C(=O)O)cc1F)c1ccccc1. The Morgan fingerprint density at radius 3 is 2.38 bits per heavy atom. The third-order valence-electron chi connectivity index (χ3n) is 2.92. The first kappa shape index (κ1) is 14.7. The van der Waals surface area contributed by atoms with Crippen LogP contribution in [0.2, 0.25) is 0 Å². The summed E-state index contributed by atoms with van der Waals surface area (Å²) in [5.74, 6) is -2.65. The molecule has 0 aliphatic rings. The first-order valence-electron chi connectivity index (χ1n) is 6.13. The van der Waals surface area contributed by atoms with Crippen LogP contribution in [0.5, 0.6) is 0 Å². The van der Waals surface area contributed by atoms with E-state index >= 15 is 0 Å². The summed E-state index contributed by atoms with van der Waals surface area (Å²) in [6, 6.07) is 10.9. The maximum atomic E-state index is 13.7. The molecule has 5 nitrogen and oxygen atoms in total. The van der Waals surface area contributed by atoms with Crippen LogP contribution in [0, 0.1) is 5.82 Å². The normalized spacial score (nSPS) is 11.7. The van der Waals surface area contributed by atoms with E-state index in [2.05, 4.69) is 5.32 Å². The second-order valence-electron chi connectivity index (χ2n) is 4.38. The van der Waals surface area contributed by atoms with Gasteiger partial charge in [-0.25, -0.2) is 9.18 Å². The maximum absolute atomic E-state index is 13.7. The number of rotatable bonds is 4. The number of carboxylic acids is 1. The van der Waals surface area contributed by atoms with Gasteiger partial charge in [0.05, 0.1) is 11.3 Å². The molecule has 0 saturated heterocycles. The molecule has 0 radical (unpaired) electrons. The van der Waals surface area contributed by atoms with E-state index in [4.69, 9.17) is 10.8 Å². The lowest BCUT2D eigenvalue weighted by atomic mass is 10.1. The Kier molecular flexibility index (Phi) is 4.30. The van der Waals surface area contributed by atoms with Gasteiger partial charge in [-0.1, -0.05) is 30.3 Å². The molecule has 0 bridgehead atoms. The van der Waals surface area contributed by atoms with Gasteiger partial charge in [-0.05, 0) is 23.8 Å². The highest BCUT2D eigenvalue weighted by Gasteiger charge is 2.17. The van der Waals surface area contributed by atoms with Crippen molar-refractivity contribution in [3.8, 4) is 0 Å². The minimum atomic E-state index is -1.24. The molecule has 108 valence electrons. The largest absolute Gasteiger partial charge is 0.478 e. The fraction of sp³-hybridized carbons (Fsp3) is 0.0667. The number of carbonyl (C=O) groups excluding carboxylic acids is 1. The number of benzene rings is 2. The van der Waals surface area contributed by atoms with Gasteiger partial charge < -0.3 is 16.2 Å².